The van der Waals surface area contributed by atoms with E-state index in [1.165, 1.54) is 11.0 Å². The highest BCUT2D eigenvalue weighted by Gasteiger charge is 2.43. The van der Waals surface area contributed by atoms with Gasteiger partial charge in [0.25, 0.3) is 0 Å². The molecule has 1 saturated heterocycles. The molecule has 2 amide bonds. The van der Waals surface area contributed by atoms with E-state index in [1.807, 2.05) is 13.8 Å². The summed E-state index contributed by atoms with van der Waals surface area (Å²) in [6, 6.07) is 3.21. The second kappa shape index (κ2) is 5.79. The van der Waals surface area contributed by atoms with Crippen LogP contribution in [0.4, 0.5) is 8.78 Å². The lowest BCUT2D eigenvalue weighted by atomic mass is 9.88. The van der Waals surface area contributed by atoms with Gasteiger partial charge in [-0.2, -0.15) is 0 Å². The molecule has 0 spiro atoms. The number of hydrogen-bond acceptors (Lipinski definition) is 2. The minimum Gasteiger partial charge on any atom is -0.340 e. The molecule has 1 aliphatic heterocycles. The fourth-order valence-corrected chi connectivity index (χ4v) is 2.62. The van der Waals surface area contributed by atoms with E-state index < -0.39 is 17.2 Å². The first kappa shape index (κ1) is 15.4. The molecule has 1 aliphatic rings. The Kier molecular flexibility index (Phi) is 4.25. The van der Waals surface area contributed by atoms with Crippen LogP contribution in [0.3, 0.4) is 0 Å². The molecule has 114 valence electrons. The Labute approximate surface area is 122 Å². The van der Waals surface area contributed by atoms with Gasteiger partial charge in [-0.05, 0) is 18.9 Å². The van der Waals surface area contributed by atoms with Crippen molar-refractivity contribution < 1.29 is 18.4 Å². The van der Waals surface area contributed by atoms with Crippen molar-refractivity contribution in [1.82, 2.24) is 10.2 Å². The van der Waals surface area contributed by atoms with Gasteiger partial charge >= 0.3 is 0 Å². The summed E-state index contributed by atoms with van der Waals surface area (Å²) in [4.78, 5) is 25.7. The highest BCUT2D eigenvalue weighted by Crippen LogP contribution is 2.24. The fraction of sp³-hybridized carbons (Fsp3) is 0.467. The zero-order chi connectivity index (χ0) is 15.6. The van der Waals surface area contributed by atoms with Crippen molar-refractivity contribution in [3.05, 3.63) is 35.4 Å². The van der Waals surface area contributed by atoms with Gasteiger partial charge in [0.1, 0.15) is 17.2 Å². The lowest BCUT2D eigenvalue weighted by molar-refractivity contribution is -0.151. The number of nitrogens with one attached hydrogen (secondary N) is 1. The molecule has 2 rings (SSSR count). The minimum absolute atomic E-state index is 0.0416. The van der Waals surface area contributed by atoms with Crippen molar-refractivity contribution in [1.29, 1.82) is 0 Å². The summed E-state index contributed by atoms with van der Waals surface area (Å²) in [5.41, 5.74) is -0.730. The van der Waals surface area contributed by atoms with Gasteiger partial charge in [0.2, 0.25) is 11.8 Å². The molecular formula is C15H18F2N2O2. The van der Waals surface area contributed by atoms with Crippen LogP contribution in [0.15, 0.2) is 18.2 Å². The molecule has 21 heavy (non-hydrogen) atoms. The van der Waals surface area contributed by atoms with Crippen molar-refractivity contribution in [3.63, 3.8) is 0 Å². The van der Waals surface area contributed by atoms with Gasteiger partial charge in [-0.3, -0.25) is 9.59 Å². The van der Waals surface area contributed by atoms with E-state index in [-0.39, 0.29) is 30.5 Å². The monoisotopic (exact) mass is 296 g/mol. The number of piperazine rings is 1. The molecule has 4 nitrogen and oxygen atoms in total. The molecule has 6 heteroatoms. The van der Waals surface area contributed by atoms with Gasteiger partial charge in [-0.1, -0.05) is 19.9 Å². The number of benzene rings is 1. The first-order valence-electron chi connectivity index (χ1n) is 6.96. The van der Waals surface area contributed by atoms with Gasteiger partial charge < -0.3 is 10.2 Å². The van der Waals surface area contributed by atoms with E-state index in [0.717, 1.165) is 12.1 Å². The molecule has 1 heterocycles. The van der Waals surface area contributed by atoms with E-state index in [1.54, 1.807) is 0 Å². The number of halogens is 2. The van der Waals surface area contributed by atoms with Crippen molar-refractivity contribution in [2.45, 2.75) is 38.8 Å². The molecule has 0 aliphatic carbocycles. The van der Waals surface area contributed by atoms with Crippen LogP contribution in [0.1, 0.15) is 32.3 Å². The zero-order valence-electron chi connectivity index (χ0n) is 12.1. The average Bonchev–Trinajstić information content (AvgIpc) is 2.45. The molecule has 0 saturated carbocycles. The van der Waals surface area contributed by atoms with E-state index in [4.69, 9.17) is 0 Å². The maximum Gasteiger partial charge on any atom is 0.249 e. The zero-order valence-corrected chi connectivity index (χ0v) is 12.1. The Morgan fingerprint density at radius 1 is 1.24 bits per heavy atom. The molecule has 1 aromatic rings. The lowest BCUT2D eigenvalue weighted by Gasteiger charge is -2.41. The van der Waals surface area contributed by atoms with E-state index in [2.05, 4.69) is 5.32 Å². The topological polar surface area (TPSA) is 49.4 Å². The largest absolute Gasteiger partial charge is 0.340 e. The molecule has 1 N–H and O–H groups in total. The normalized spacial score (nSPS) is 17.8. The summed E-state index contributed by atoms with van der Waals surface area (Å²) in [7, 11) is 0. The average molecular weight is 296 g/mol. The number of hydrogen-bond donors (Lipinski definition) is 1. The van der Waals surface area contributed by atoms with Crippen LogP contribution in [0.2, 0.25) is 0 Å². The maximum atomic E-state index is 13.7. The summed E-state index contributed by atoms with van der Waals surface area (Å²) < 4.78 is 26.6. The summed E-state index contributed by atoms with van der Waals surface area (Å²) >= 11 is 0. The lowest BCUT2D eigenvalue weighted by Crippen LogP contribution is -2.65. The number of carbonyl (C=O) groups excluding carboxylic acids is 2. The van der Waals surface area contributed by atoms with E-state index in [9.17, 15) is 18.4 Å². The third-order valence-corrected chi connectivity index (χ3v) is 3.99. The Bertz CT molecular complexity index is 571. The SMILES string of the molecule is CCC1(CC)NC(=O)CN(Cc2ccc(F)cc2F)C1=O. The van der Waals surface area contributed by atoms with Crippen molar-refractivity contribution >= 4 is 11.8 Å². The highest BCUT2D eigenvalue weighted by molar-refractivity contribution is 5.97. The smallest absolute Gasteiger partial charge is 0.249 e. The van der Waals surface area contributed by atoms with Gasteiger partial charge in [-0.15, -0.1) is 0 Å². The molecular weight excluding hydrogens is 278 g/mol. The van der Waals surface area contributed by atoms with E-state index in [0.29, 0.717) is 12.8 Å². The Hall–Kier alpha value is -1.98. The highest BCUT2D eigenvalue weighted by atomic mass is 19.1. The summed E-state index contributed by atoms with van der Waals surface area (Å²) in [6.45, 7) is 3.49. The van der Waals surface area contributed by atoms with Crippen LogP contribution in [-0.2, 0) is 16.1 Å². The molecule has 0 aromatic heterocycles. The Morgan fingerprint density at radius 2 is 1.90 bits per heavy atom. The minimum atomic E-state index is -0.925. The first-order chi connectivity index (χ1) is 9.91. The number of amides is 2. The quantitative estimate of drug-likeness (QED) is 0.923. The van der Waals surface area contributed by atoms with Crippen LogP contribution >= 0.6 is 0 Å². The van der Waals surface area contributed by atoms with Crippen molar-refractivity contribution in [3.8, 4) is 0 Å². The van der Waals surface area contributed by atoms with Crippen LogP contribution in [-0.4, -0.2) is 28.8 Å². The Balaban J connectivity index is 2.26. The summed E-state index contributed by atoms with van der Waals surface area (Å²) in [6.07, 6.45) is 0.937. The van der Waals surface area contributed by atoms with Gasteiger partial charge in [0.15, 0.2) is 0 Å². The maximum absolute atomic E-state index is 13.7. The number of nitrogens with zero attached hydrogens (tertiary/aromatic N) is 1. The van der Waals surface area contributed by atoms with Crippen molar-refractivity contribution in [2.75, 3.05) is 6.54 Å². The standard InChI is InChI=1S/C15H18F2N2O2/c1-3-15(4-2)14(21)19(9-13(20)18-15)8-10-5-6-11(16)7-12(10)17/h5-7H,3-4,8-9H2,1-2H3,(H,18,20). The van der Waals surface area contributed by atoms with Crippen LogP contribution < -0.4 is 5.32 Å². The second-order valence-corrected chi connectivity index (χ2v) is 5.23. The molecule has 0 unspecified atom stereocenters. The molecule has 1 aromatic carbocycles. The molecule has 0 bridgehead atoms. The van der Waals surface area contributed by atoms with Crippen molar-refractivity contribution in [2.24, 2.45) is 0 Å². The summed E-state index contributed by atoms with van der Waals surface area (Å²) in [5.74, 6) is -1.88. The first-order valence-corrected chi connectivity index (χ1v) is 6.96. The van der Waals surface area contributed by atoms with Gasteiger partial charge in [0, 0.05) is 18.2 Å². The molecule has 0 atom stereocenters. The van der Waals surface area contributed by atoms with Crippen LogP contribution in [0.25, 0.3) is 0 Å². The third kappa shape index (κ3) is 2.89. The van der Waals surface area contributed by atoms with E-state index >= 15 is 0 Å². The van der Waals surface area contributed by atoms with Crippen LogP contribution in [0, 0.1) is 11.6 Å². The Morgan fingerprint density at radius 3 is 2.48 bits per heavy atom. The molecule has 0 radical (unpaired) electrons. The predicted octanol–water partition coefficient (Wildman–Crippen LogP) is 1.98. The van der Waals surface area contributed by atoms with Crippen LogP contribution in [0.5, 0.6) is 0 Å². The number of rotatable bonds is 4. The third-order valence-electron chi connectivity index (χ3n) is 3.99. The fourth-order valence-electron chi connectivity index (χ4n) is 2.62. The summed E-state index contributed by atoms with van der Waals surface area (Å²) in [5, 5.41) is 2.73. The number of carbonyl (C=O) groups is 2. The van der Waals surface area contributed by atoms with Gasteiger partial charge in [-0.25, -0.2) is 8.78 Å². The van der Waals surface area contributed by atoms with Gasteiger partial charge in [0.05, 0.1) is 6.54 Å². The molecule has 1 fully saturated rings. The second-order valence-electron chi connectivity index (χ2n) is 5.23. The predicted molar refractivity (Wildman–Crippen MR) is 73.2 cm³/mol.